The summed E-state index contributed by atoms with van der Waals surface area (Å²) >= 11 is 0. The summed E-state index contributed by atoms with van der Waals surface area (Å²) in [5, 5.41) is 8.26. The van der Waals surface area contributed by atoms with E-state index in [0.717, 1.165) is 0 Å². The van der Waals surface area contributed by atoms with Crippen LogP contribution in [0, 0.1) is 5.92 Å². The van der Waals surface area contributed by atoms with E-state index in [1.807, 2.05) is 19.9 Å². The highest BCUT2D eigenvalue weighted by Crippen LogP contribution is 2.15. The van der Waals surface area contributed by atoms with Crippen molar-refractivity contribution in [1.82, 2.24) is 15.1 Å². The van der Waals surface area contributed by atoms with Crippen LogP contribution in [0.4, 0.5) is 0 Å². The number of fused-ring (bicyclic) bond motifs is 1. The topological polar surface area (TPSA) is 90.3 Å². The quantitative estimate of drug-likeness (QED) is 0.580. The van der Waals surface area contributed by atoms with Gasteiger partial charge in [0.1, 0.15) is 5.75 Å². The molecule has 1 aromatic heterocycles. The molecule has 156 valence electrons. The van der Waals surface area contributed by atoms with E-state index in [1.54, 1.807) is 49.6 Å². The molecule has 0 saturated carbocycles. The minimum atomic E-state index is -0.329. The first-order chi connectivity index (χ1) is 14.4. The number of nitrogens with one attached hydrogen (secondary N) is 1. The molecule has 0 unspecified atom stereocenters. The molecule has 0 aliphatic carbocycles. The number of ketones is 1. The molecule has 1 amide bonds. The number of benzene rings is 2. The zero-order chi connectivity index (χ0) is 21.7. The van der Waals surface area contributed by atoms with Crippen LogP contribution in [0.25, 0.3) is 10.8 Å². The number of carbonyl (C=O) groups excluding carboxylic acids is 2. The summed E-state index contributed by atoms with van der Waals surface area (Å²) in [6.45, 7) is 4.35. The molecule has 1 heterocycles. The second-order valence-corrected chi connectivity index (χ2v) is 7.48. The summed E-state index contributed by atoms with van der Waals surface area (Å²) in [5.41, 5.74) is 0.837. The number of nitrogens with zero attached hydrogens (tertiary/aromatic N) is 2. The Labute approximate surface area is 174 Å². The van der Waals surface area contributed by atoms with Crippen LogP contribution < -0.4 is 15.6 Å². The van der Waals surface area contributed by atoms with Gasteiger partial charge in [0, 0.05) is 17.5 Å². The molecule has 0 aliphatic heterocycles. The van der Waals surface area contributed by atoms with Crippen molar-refractivity contribution in [3.8, 4) is 5.75 Å². The Morgan fingerprint density at radius 3 is 2.37 bits per heavy atom. The van der Waals surface area contributed by atoms with Crippen molar-refractivity contribution in [2.45, 2.75) is 26.8 Å². The van der Waals surface area contributed by atoms with Crippen molar-refractivity contribution < 1.29 is 14.3 Å². The molecular formula is C23H25N3O4. The van der Waals surface area contributed by atoms with E-state index >= 15 is 0 Å². The fraction of sp³-hybridized carbons (Fsp3) is 0.304. The van der Waals surface area contributed by atoms with Crippen LogP contribution in [-0.2, 0) is 17.8 Å². The zero-order valence-corrected chi connectivity index (χ0v) is 17.3. The smallest absolute Gasteiger partial charge is 0.274 e. The maximum Gasteiger partial charge on any atom is 0.274 e. The zero-order valence-electron chi connectivity index (χ0n) is 17.3. The van der Waals surface area contributed by atoms with E-state index in [4.69, 9.17) is 4.74 Å². The Balaban J connectivity index is 1.74. The van der Waals surface area contributed by atoms with Crippen LogP contribution in [0.15, 0.2) is 53.3 Å². The van der Waals surface area contributed by atoms with Gasteiger partial charge in [-0.3, -0.25) is 14.4 Å². The molecule has 2 aromatic carbocycles. The van der Waals surface area contributed by atoms with Crippen LogP contribution in [0.3, 0.4) is 0 Å². The van der Waals surface area contributed by atoms with Crippen molar-refractivity contribution in [2.24, 2.45) is 5.92 Å². The van der Waals surface area contributed by atoms with Gasteiger partial charge in [-0.1, -0.05) is 32.0 Å². The van der Waals surface area contributed by atoms with Gasteiger partial charge in [-0.05, 0) is 36.2 Å². The summed E-state index contributed by atoms with van der Waals surface area (Å²) in [6, 6.07) is 13.8. The van der Waals surface area contributed by atoms with E-state index in [9.17, 15) is 14.4 Å². The minimum absolute atomic E-state index is 0.0191. The van der Waals surface area contributed by atoms with Crippen LogP contribution in [0.2, 0.25) is 0 Å². The average Bonchev–Trinajstić information content (AvgIpc) is 2.75. The summed E-state index contributed by atoms with van der Waals surface area (Å²) in [4.78, 5) is 37.5. The fourth-order valence-corrected chi connectivity index (χ4v) is 3.18. The second-order valence-electron chi connectivity index (χ2n) is 7.48. The number of carbonyl (C=O) groups is 2. The molecule has 0 spiro atoms. The molecule has 0 saturated heterocycles. The molecule has 30 heavy (non-hydrogen) atoms. The third-order valence-electron chi connectivity index (χ3n) is 4.67. The maximum atomic E-state index is 12.7. The molecule has 1 N–H and O–H groups in total. The first-order valence-electron chi connectivity index (χ1n) is 9.81. The van der Waals surface area contributed by atoms with Crippen LogP contribution in [0.5, 0.6) is 5.75 Å². The lowest BCUT2D eigenvalue weighted by Crippen LogP contribution is -2.32. The van der Waals surface area contributed by atoms with Crippen LogP contribution in [0.1, 0.15) is 29.9 Å². The van der Waals surface area contributed by atoms with E-state index in [2.05, 4.69) is 10.4 Å². The highest BCUT2D eigenvalue weighted by atomic mass is 16.5. The average molecular weight is 407 g/mol. The number of aromatic nitrogens is 2. The Morgan fingerprint density at radius 1 is 1.07 bits per heavy atom. The normalized spacial score (nSPS) is 10.9. The molecule has 0 aliphatic rings. The predicted octanol–water partition coefficient (Wildman–Crippen LogP) is 2.60. The summed E-state index contributed by atoms with van der Waals surface area (Å²) in [6.07, 6.45) is -0.0191. The summed E-state index contributed by atoms with van der Waals surface area (Å²) < 4.78 is 6.49. The Kier molecular flexibility index (Phi) is 6.61. The molecule has 3 rings (SSSR count). The van der Waals surface area contributed by atoms with Crippen LogP contribution in [-0.4, -0.2) is 35.1 Å². The van der Waals surface area contributed by atoms with Crippen molar-refractivity contribution in [1.29, 1.82) is 0 Å². The first-order valence-corrected chi connectivity index (χ1v) is 9.81. The summed E-state index contributed by atoms with van der Waals surface area (Å²) in [5.74, 6) is 0.364. The number of methoxy groups -OCH3 is 1. The molecule has 0 atom stereocenters. The maximum absolute atomic E-state index is 12.7. The first kappa shape index (κ1) is 21.2. The number of rotatable bonds is 8. The van der Waals surface area contributed by atoms with Gasteiger partial charge in [-0.2, -0.15) is 5.10 Å². The Hall–Kier alpha value is -3.48. The van der Waals surface area contributed by atoms with E-state index in [1.165, 1.54) is 4.68 Å². The van der Waals surface area contributed by atoms with Crippen molar-refractivity contribution in [3.05, 3.63) is 70.1 Å². The number of hydrogen-bond donors (Lipinski definition) is 1. The molecule has 0 bridgehead atoms. The molecule has 0 radical (unpaired) electrons. The van der Waals surface area contributed by atoms with E-state index < -0.39 is 0 Å². The lowest BCUT2D eigenvalue weighted by molar-refractivity contribution is -0.120. The molecule has 7 heteroatoms. The van der Waals surface area contributed by atoms with Gasteiger partial charge < -0.3 is 10.1 Å². The number of amides is 1. The monoisotopic (exact) mass is 407 g/mol. The number of ether oxygens (including phenoxy) is 1. The van der Waals surface area contributed by atoms with Crippen molar-refractivity contribution in [2.75, 3.05) is 13.7 Å². The van der Waals surface area contributed by atoms with Gasteiger partial charge in [0.2, 0.25) is 5.91 Å². The van der Waals surface area contributed by atoms with Gasteiger partial charge in [0.15, 0.2) is 5.78 Å². The van der Waals surface area contributed by atoms with Gasteiger partial charge in [-0.15, -0.1) is 0 Å². The minimum Gasteiger partial charge on any atom is -0.497 e. The van der Waals surface area contributed by atoms with E-state index in [-0.39, 0.29) is 36.1 Å². The third-order valence-corrected chi connectivity index (χ3v) is 4.67. The molecule has 0 fully saturated rings. The predicted molar refractivity (Wildman–Crippen MR) is 115 cm³/mol. The molecule has 7 nitrogen and oxygen atoms in total. The SMILES string of the molecule is COc1ccc(C(=O)CNC(=O)Cc2nn(CC(C)C)c(=O)c3ccccc23)cc1. The van der Waals surface area contributed by atoms with Crippen LogP contribution >= 0.6 is 0 Å². The van der Waals surface area contributed by atoms with Gasteiger partial charge in [0.05, 0.1) is 31.2 Å². The number of hydrogen-bond acceptors (Lipinski definition) is 5. The standard InChI is InChI=1S/C23H25N3O4/c1-15(2)14-26-23(29)19-7-5-4-6-18(19)20(25-26)12-22(28)24-13-21(27)16-8-10-17(30-3)11-9-16/h4-11,15H,12-14H2,1-3H3,(H,24,28). The highest BCUT2D eigenvalue weighted by Gasteiger charge is 2.15. The van der Waals surface area contributed by atoms with Gasteiger partial charge >= 0.3 is 0 Å². The number of Topliss-reactive ketones (excluding diaryl/α,β-unsaturated/α-hetero) is 1. The van der Waals surface area contributed by atoms with E-state index in [0.29, 0.717) is 34.3 Å². The second kappa shape index (κ2) is 9.35. The summed E-state index contributed by atoms with van der Waals surface area (Å²) in [7, 11) is 1.55. The third kappa shape index (κ3) is 4.92. The van der Waals surface area contributed by atoms with Gasteiger partial charge in [-0.25, -0.2) is 4.68 Å². The molecule has 3 aromatic rings. The lowest BCUT2D eigenvalue weighted by Gasteiger charge is -2.12. The van der Waals surface area contributed by atoms with Gasteiger partial charge in [0.25, 0.3) is 5.56 Å². The van der Waals surface area contributed by atoms with Crippen molar-refractivity contribution in [3.63, 3.8) is 0 Å². The van der Waals surface area contributed by atoms with Crippen molar-refractivity contribution >= 4 is 22.5 Å². The highest BCUT2D eigenvalue weighted by molar-refractivity contribution is 5.99. The molecular weight excluding hydrogens is 382 g/mol. The Bertz CT molecular complexity index is 1120. The fourth-order valence-electron chi connectivity index (χ4n) is 3.18. The lowest BCUT2D eigenvalue weighted by atomic mass is 10.1. The Morgan fingerprint density at radius 2 is 1.73 bits per heavy atom. The largest absolute Gasteiger partial charge is 0.497 e.